The van der Waals surface area contributed by atoms with E-state index in [1.165, 1.54) is 49.6 Å². The second-order valence-electron chi connectivity index (χ2n) is 7.70. The fraction of sp³-hybridized carbons (Fsp3) is 0.346. The van der Waals surface area contributed by atoms with Gasteiger partial charge in [-0.2, -0.15) is 0 Å². The monoisotopic (exact) mass is 420 g/mol. The van der Waals surface area contributed by atoms with E-state index in [-0.39, 0.29) is 11.4 Å². The maximum atomic E-state index is 14.2. The number of carbonyl (C=O) groups excluding carboxylic acids is 1. The van der Waals surface area contributed by atoms with Crippen LogP contribution in [-0.4, -0.2) is 15.9 Å². The zero-order valence-corrected chi connectivity index (χ0v) is 18.2. The Morgan fingerprint density at radius 2 is 1.65 bits per heavy atom. The Morgan fingerprint density at radius 1 is 0.871 bits per heavy atom. The van der Waals surface area contributed by atoms with Crippen LogP contribution in [0.1, 0.15) is 67.4 Å². The lowest BCUT2D eigenvalue weighted by molar-refractivity contribution is 0.0722. The van der Waals surface area contributed by atoms with E-state index in [0.717, 1.165) is 30.4 Å². The minimum Gasteiger partial charge on any atom is -0.402 e. The first-order valence-electron chi connectivity index (χ1n) is 11.0. The summed E-state index contributed by atoms with van der Waals surface area (Å²) in [6.07, 6.45) is 10.7. The summed E-state index contributed by atoms with van der Waals surface area (Å²) in [5, 5.41) is 0. The number of ether oxygens (including phenoxy) is 1. The van der Waals surface area contributed by atoms with E-state index < -0.39 is 11.8 Å². The number of hydrogen-bond acceptors (Lipinski definition) is 4. The summed E-state index contributed by atoms with van der Waals surface area (Å²) in [7, 11) is 0. The van der Waals surface area contributed by atoms with Gasteiger partial charge in [0.2, 0.25) is 5.88 Å². The molecule has 1 aromatic heterocycles. The summed E-state index contributed by atoms with van der Waals surface area (Å²) < 4.78 is 19.4. The Hall–Kier alpha value is -3.08. The van der Waals surface area contributed by atoms with Crippen molar-refractivity contribution in [2.45, 2.75) is 58.8 Å². The molecule has 0 saturated heterocycles. The molecule has 0 spiro atoms. The first kappa shape index (κ1) is 22.6. The van der Waals surface area contributed by atoms with Crippen molar-refractivity contribution < 1.29 is 13.9 Å². The van der Waals surface area contributed by atoms with E-state index in [0.29, 0.717) is 5.69 Å². The maximum Gasteiger partial charge on any atom is 0.347 e. The molecule has 0 amide bonds. The minimum absolute atomic E-state index is 0.0401. The first-order chi connectivity index (χ1) is 15.1. The molecule has 0 saturated carbocycles. The van der Waals surface area contributed by atoms with Crippen molar-refractivity contribution in [2.75, 3.05) is 0 Å². The van der Waals surface area contributed by atoms with Gasteiger partial charge in [-0.3, -0.25) is 0 Å². The van der Waals surface area contributed by atoms with Gasteiger partial charge >= 0.3 is 5.97 Å². The molecule has 0 aliphatic heterocycles. The molecule has 5 heteroatoms. The zero-order valence-electron chi connectivity index (χ0n) is 18.2. The Morgan fingerprint density at radius 3 is 2.29 bits per heavy atom. The number of unbranched alkanes of at least 4 members (excludes halogenated alkanes) is 3. The Kier molecular flexibility index (Phi) is 8.27. The topological polar surface area (TPSA) is 52.1 Å². The highest BCUT2D eigenvalue weighted by Crippen LogP contribution is 2.20. The van der Waals surface area contributed by atoms with E-state index in [2.05, 4.69) is 29.0 Å². The lowest BCUT2D eigenvalue weighted by atomic mass is 10.0. The number of aromatic nitrogens is 2. The number of halogens is 1. The third kappa shape index (κ3) is 6.45. The van der Waals surface area contributed by atoms with Crippen LogP contribution in [0.4, 0.5) is 4.39 Å². The number of benzene rings is 2. The Labute approximate surface area is 183 Å². The number of nitrogens with zero attached hydrogens (tertiary/aromatic N) is 2. The second kappa shape index (κ2) is 11.3. The molecule has 3 aromatic rings. The standard InChI is InChI=1S/C26H29FN2O2/c1-3-5-6-7-9-19-10-13-21(14-11-19)24-17-29-25(18-28-24)31-26(30)22-15-12-20(8-4-2)16-23(22)27/h10-18H,3-9H2,1-2H3. The van der Waals surface area contributed by atoms with Crippen molar-refractivity contribution in [3.63, 3.8) is 0 Å². The van der Waals surface area contributed by atoms with Crippen LogP contribution in [0.5, 0.6) is 5.88 Å². The van der Waals surface area contributed by atoms with Gasteiger partial charge in [0.25, 0.3) is 0 Å². The summed E-state index contributed by atoms with van der Waals surface area (Å²) in [4.78, 5) is 20.8. The summed E-state index contributed by atoms with van der Waals surface area (Å²) >= 11 is 0. The Bertz CT molecular complexity index is 985. The average Bonchev–Trinajstić information content (AvgIpc) is 2.78. The fourth-order valence-electron chi connectivity index (χ4n) is 3.43. The lowest BCUT2D eigenvalue weighted by Gasteiger charge is -2.07. The summed E-state index contributed by atoms with van der Waals surface area (Å²) in [5.74, 6) is -1.33. The lowest BCUT2D eigenvalue weighted by Crippen LogP contribution is -2.12. The molecular weight excluding hydrogens is 391 g/mol. The molecule has 31 heavy (non-hydrogen) atoms. The summed E-state index contributed by atoms with van der Waals surface area (Å²) in [6.45, 7) is 4.23. The van der Waals surface area contributed by atoms with Crippen molar-refractivity contribution in [1.29, 1.82) is 0 Å². The van der Waals surface area contributed by atoms with Crippen LogP contribution in [0.2, 0.25) is 0 Å². The largest absolute Gasteiger partial charge is 0.402 e. The Balaban J connectivity index is 1.60. The maximum absolute atomic E-state index is 14.2. The van der Waals surface area contributed by atoms with Crippen LogP contribution in [0.3, 0.4) is 0 Å². The van der Waals surface area contributed by atoms with Gasteiger partial charge < -0.3 is 4.74 Å². The van der Waals surface area contributed by atoms with Gasteiger partial charge in [-0.05, 0) is 42.5 Å². The average molecular weight is 421 g/mol. The normalized spacial score (nSPS) is 10.8. The summed E-state index contributed by atoms with van der Waals surface area (Å²) in [6, 6.07) is 12.8. The predicted octanol–water partition coefficient (Wildman–Crippen LogP) is 6.58. The molecule has 0 bridgehead atoms. The molecule has 0 aliphatic rings. The number of esters is 1. The molecule has 0 unspecified atom stereocenters. The summed E-state index contributed by atoms with van der Waals surface area (Å²) in [5.41, 5.74) is 3.69. The van der Waals surface area contributed by atoms with Crippen molar-refractivity contribution >= 4 is 5.97 Å². The molecule has 1 heterocycles. The molecule has 2 aromatic carbocycles. The van der Waals surface area contributed by atoms with E-state index in [9.17, 15) is 9.18 Å². The van der Waals surface area contributed by atoms with E-state index in [1.807, 2.05) is 19.1 Å². The van der Waals surface area contributed by atoms with Crippen LogP contribution in [0.25, 0.3) is 11.3 Å². The zero-order chi connectivity index (χ0) is 22.1. The van der Waals surface area contributed by atoms with Gasteiger partial charge in [0, 0.05) is 5.56 Å². The van der Waals surface area contributed by atoms with E-state index in [1.54, 1.807) is 12.3 Å². The molecule has 162 valence electrons. The number of aryl methyl sites for hydroxylation is 2. The van der Waals surface area contributed by atoms with Gasteiger partial charge in [0.15, 0.2) is 0 Å². The SMILES string of the molecule is CCCCCCc1ccc(-c2cnc(OC(=O)c3ccc(CCC)cc3F)cn2)cc1. The van der Waals surface area contributed by atoms with Crippen molar-refractivity contribution in [3.05, 3.63) is 77.4 Å². The van der Waals surface area contributed by atoms with Gasteiger partial charge in [-0.1, -0.05) is 69.9 Å². The third-order valence-corrected chi connectivity index (χ3v) is 5.19. The smallest absolute Gasteiger partial charge is 0.347 e. The van der Waals surface area contributed by atoms with Gasteiger partial charge in [-0.15, -0.1) is 0 Å². The second-order valence-corrected chi connectivity index (χ2v) is 7.70. The molecule has 0 aliphatic carbocycles. The highest BCUT2D eigenvalue weighted by atomic mass is 19.1. The molecule has 0 N–H and O–H groups in total. The third-order valence-electron chi connectivity index (χ3n) is 5.19. The van der Waals surface area contributed by atoms with E-state index in [4.69, 9.17) is 4.74 Å². The molecule has 0 fully saturated rings. The van der Waals surface area contributed by atoms with Crippen LogP contribution in [-0.2, 0) is 12.8 Å². The fourth-order valence-corrected chi connectivity index (χ4v) is 3.43. The highest BCUT2D eigenvalue weighted by molar-refractivity contribution is 5.91. The van der Waals surface area contributed by atoms with Crippen molar-refractivity contribution in [3.8, 4) is 17.1 Å². The van der Waals surface area contributed by atoms with Gasteiger partial charge in [-0.25, -0.2) is 19.2 Å². The number of rotatable bonds is 10. The minimum atomic E-state index is -0.782. The first-order valence-corrected chi connectivity index (χ1v) is 11.0. The quantitative estimate of drug-likeness (QED) is 0.275. The van der Waals surface area contributed by atoms with Crippen LogP contribution < -0.4 is 4.74 Å². The van der Waals surface area contributed by atoms with Crippen LogP contribution >= 0.6 is 0 Å². The van der Waals surface area contributed by atoms with Gasteiger partial charge in [0.1, 0.15) is 5.82 Å². The number of hydrogen-bond donors (Lipinski definition) is 0. The molecular formula is C26H29FN2O2. The van der Waals surface area contributed by atoms with Crippen LogP contribution in [0, 0.1) is 5.82 Å². The van der Waals surface area contributed by atoms with Crippen molar-refractivity contribution in [2.24, 2.45) is 0 Å². The van der Waals surface area contributed by atoms with Gasteiger partial charge in [0.05, 0.1) is 23.7 Å². The molecule has 0 atom stereocenters. The number of carbonyl (C=O) groups is 1. The molecule has 0 radical (unpaired) electrons. The van der Waals surface area contributed by atoms with Crippen LogP contribution in [0.15, 0.2) is 54.9 Å². The highest BCUT2D eigenvalue weighted by Gasteiger charge is 2.15. The molecule has 4 nitrogen and oxygen atoms in total. The van der Waals surface area contributed by atoms with E-state index >= 15 is 0 Å². The predicted molar refractivity (Wildman–Crippen MR) is 121 cm³/mol. The molecule has 3 rings (SSSR count). The van der Waals surface area contributed by atoms with Crippen molar-refractivity contribution in [1.82, 2.24) is 9.97 Å².